The second-order valence-corrected chi connectivity index (χ2v) is 7.66. The number of aryl methyl sites for hydroxylation is 1. The van der Waals surface area contributed by atoms with E-state index < -0.39 is 0 Å². The Kier molecular flexibility index (Phi) is 9.73. The average molecular weight is 464 g/mol. The lowest BCUT2D eigenvalue weighted by Gasteiger charge is -2.15. The van der Waals surface area contributed by atoms with Crippen LogP contribution in [0.15, 0.2) is 28.7 Å². The van der Waals surface area contributed by atoms with E-state index in [9.17, 15) is 0 Å². The van der Waals surface area contributed by atoms with Gasteiger partial charge in [-0.2, -0.15) is 0 Å². The van der Waals surface area contributed by atoms with Gasteiger partial charge in [0.15, 0.2) is 5.96 Å². The zero-order valence-corrected chi connectivity index (χ0v) is 17.8. The topological polar surface area (TPSA) is 49.3 Å². The molecule has 0 aliphatic carbocycles. The van der Waals surface area contributed by atoms with Crippen LogP contribution in [0.2, 0.25) is 0 Å². The van der Waals surface area contributed by atoms with Crippen LogP contribution in [0.3, 0.4) is 0 Å². The van der Waals surface area contributed by atoms with Gasteiger partial charge < -0.3 is 10.6 Å². The minimum atomic E-state index is 0. The van der Waals surface area contributed by atoms with Crippen LogP contribution in [0, 0.1) is 12.8 Å². The van der Waals surface area contributed by atoms with Gasteiger partial charge in [0, 0.05) is 29.0 Å². The number of nitrogens with zero attached hydrogens (tertiary/aromatic N) is 2. The number of hydrogen-bond acceptors (Lipinski definition) is 4. The maximum absolute atomic E-state index is 4.63. The molecule has 0 aliphatic rings. The SMILES string of the molecule is CCNC(=NCc1cnc(C)s1)NCC(C)Cc1cccs1.I. The van der Waals surface area contributed by atoms with Gasteiger partial charge in [-0.3, -0.25) is 0 Å². The van der Waals surface area contributed by atoms with E-state index in [1.807, 2.05) is 24.5 Å². The Morgan fingerprint density at radius 1 is 1.35 bits per heavy atom. The third-order valence-electron chi connectivity index (χ3n) is 3.15. The van der Waals surface area contributed by atoms with Crippen LogP contribution in [0.4, 0.5) is 0 Å². The Morgan fingerprint density at radius 2 is 2.17 bits per heavy atom. The van der Waals surface area contributed by atoms with E-state index in [1.54, 1.807) is 11.3 Å². The van der Waals surface area contributed by atoms with Crippen LogP contribution < -0.4 is 10.6 Å². The Balaban J connectivity index is 0.00000264. The van der Waals surface area contributed by atoms with Crippen molar-refractivity contribution in [1.82, 2.24) is 15.6 Å². The Hall–Kier alpha value is -0.670. The fourth-order valence-electron chi connectivity index (χ4n) is 2.09. The van der Waals surface area contributed by atoms with E-state index in [2.05, 4.69) is 52.0 Å². The molecule has 0 saturated heterocycles. The molecule has 2 aromatic heterocycles. The number of hydrogen-bond donors (Lipinski definition) is 2. The lowest BCUT2D eigenvalue weighted by atomic mass is 10.1. The summed E-state index contributed by atoms with van der Waals surface area (Å²) >= 11 is 3.53. The highest BCUT2D eigenvalue weighted by atomic mass is 127. The number of guanidine groups is 1. The summed E-state index contributed by atoms with van der Waals surface area (Å²) < 4.78 is 0. The minimum Gasteiger partial charge on any atom is -0.357 e. The fourth-order valence-corrected chi connectivity index (χ4v) is 3.68. The van der Waals surface area contributed by atoms with E-state index in [0.717, 1.165) is 30.5 Å². The van der Waals surface area contributed by atoms with E-state index in [4.69, 9.17) is 0 Å². The van der Waals surface area contributed by atoms with Crippen LogP contribution in [-0.2, 0) is 13.0 Å². The molecule has 0 aliphatic heterocycles. The van der Waals surface area contributed by atoms with Crippen LogP contribution in [0.25, 0.3) is 0 Å². The molecule has 1 atom stereocenters. The summed E-state index contributed by atoms with van der Waals surface area (Å²) in [6.45, 7) is 8.85. The van der Waals surface area contributed by atoms with Crippen molar-refractivity contribution in [2.24, 2.45) is 10.9 Å². The molecule has 0 amide bonds. The number of rotatable bonds is 7. The molecule has 128 valence electrons. The van der Waals surface area contributed by atoms with Gasteiger partial charge in [-0.25, -0.2) is 9.98 Å². The van der Waals surface area contributed by atoms with Crippen molar-refractivity contribution in [3.63, 3.8) is 0 Å². The first-order valence-corrected chi connectivity index (χ1v) is 9.33. The first-order valence-electron chi connectivity index (χ1n) is 7.63. The number of halogens is 1. The molecule has 2 N–H and O–H groups in total. The van der Waals surface area contributed by atoms with Crippen LogP contribution >= 0.6 is 46.7 Å². The Labute approximate surface area is 163 Å². The standard InChI is InChI=1S/C16H24N4S2.HI/c1-4-17-16(20-11-15-10-18-13(3)22-15)19-9-12(2)8-14-6-5-7-21-14;/h5-7,10,12H,4,8-9,11H2,1-3H3,(H2,17,19,20);1H. The van der Waals surface area contributed by atoms with Crippen molar-refractivity contribution in [3.8, 4) is 0 Å². The molecule has 0 spiro atoms. The fraction of sp³-hybridized carbons (Fsp3) is 0.500. The van der Waals surface area contributed by atoms with E-state index in [-0.39, 0.29) is 24.0 Å². The molecule has 1 unspecified atom stereocenters. The van der Waals surface area contributed by atoms with Crippen molar-refractivity contribution in [1.29, 1.82) is 0 Å². The zero-order valence-electron chi connectivity index (χ0n) is 13.8. The monoisotopic (exact) mass is 464 g/mol. The lowest BCUT2D eigenvalue weighted by molar-refractivity contribution is 0.562. The predicted molar refractivity (Wildman–Crippen MR) is 112 cm³/mol. The van der Waals surface area contributed by atoms with Gasteiger partial charge in [0.1, 0.15) is 0 Å². The summed E-state index contributed by atoms with van der Waals surface area (Å²) in [7, 11) is 0. The Bertz CT molecular complexity index is 581. The third kappa shape index (κ3) is 7.63. The van der Waals surface area contributed by atoms with Gasteiger partial charge in [0.25, 0.3) is 0 Å². The molecule has 7 heteroatoms. The Morgan fingerprint density at radius 3 is 2.78 bits per heavy atom. The number of thiazole rings is 1. The van der Waals surface area contributed by atoms with Crippen LogP contribution in [0.5, 0.6) is 0 Å². The molecule has 0 fully saturated rings. The van der Waals surface area contributed by atoms with Gasteiger partial charge in [0.05, 0.1) is 11.6 Å². The number of thiophene rings is 1. The second-order valence-electron chi connectivity index (χ2n) is 5.31. The second kappa shape index (κ2) is 11.0. The summed E-state index contributed by atoms with van der Waals surface area (Å²) in [6.07, 6.45) is 3.02. The van der Waals surface area contributed by atoms with Crippen molar-refractivity contribution in [2.45, 2.75) is 33.7 Å². The van der Waals surface area contributed by atoms with Gasteiger partial charge in [-0.15, -0.1) is 46.7 Å². The van der Waals surface area contributed by atoms with Gasteiger partial charge >= 0.3 is 0 Å². The highest BCUT2D eigenvalue weighted by molar-refractivity contribution is 14.0. The maximum atomic E-state index is 4.63. The van der Waals surface area contributed by atoms with Crippen LogP contribution in [0.1, 0.15) is 28.6 Å². The highest BCUT2D eigenvalue weighted by Crippen LogP contribution is 2.14. The normalized spacial score (nSPS) is 12.6. The molecule has 2 heterocycles. The van der Waals surface area contributed by atoms with Crippen molar-refractivity contribution in [3.05, 3.63) is 38.5 Å². The molecule has 0 aromatic carbocycles. The number of aliphatic imine (C=N–C) groups is 1. The predicted octanol–water partition coefficient (Wildman–Crippen LogP) is 4.06. The van der Waals surface area contributed by atoms with Gasteiger partial charge in [-0.05, 0) is 37.6 Å². The number of nitrogens with one attached hydrogen (secondary N) is 2. The largest absolute Gasteiger partial charge is 0.357 e. The van der Waals surface area contributed by atoms with Gasteiger partial charge in [-0.1, -0.05) is 13.0 Å². The van der Waals surface area contributed by atoms with E-state index in [0.29, 0.717) is 12.5 Å². The highest BCUT2D eigenvalue weighted by Gasteiger charge is 2.06. The first kappa shape index (κ1) is 20.4. The average Bonchev–Trinajstić information content (AvgIpc) is 3.13. The molecular weight excluding hydrogens is 439 g/mol. The minimum absolute atomic E-state index is 0. The lowest BCUT2D eigenvalue weighted by Crippen LogP contribution is -2.39. The summed E-state index contributed by atoms with van der Waals surface area (Å²) in [5.41, 5.74) is 0. The van der Waals surface area contributed by atoms with E-state index in [1.165, 1.54) is 9.75 Å². The smallest absolute Gasteiger partial charge is 0.191 e. The molecular formula is C16H25IN4S2. The van der Waals surface area contributed by atoms with Crippen molar-refractivity contribution >= 4 is 52.6 Å². The molecule has 0 bridgehead atoms. The zero-order chi connectivity index (χ0) is 15.8. The maximum Gasteiger partial charge on any atom is 0.191 e. The summed E-state index contributed by atoms with van der Waals surface area (Å²) in [5.74, 6) is 1.46. The molecule has 23 heavy (non-hydrogen) atoms. The molecule has 2 aromatic rings. The summed E-state index contributed by atoms with van der Waals surface area (Å²) in [4.78, 5) is 11.5. The summed E-state index contributed by atoms with van der Waals surface area (Å²) in [5, 5.41) is 9.96. The molecule has 2 rings (SSSR count). The van der Waals surface area contributed by atoms with Crippen molar-refractivity contribution < 1.29 is 0 Å². The van der Waals surface area contributed by atoms with Gasteiger partial charge in [0.2, 0.25) is 0 Å². The first-order chi connectivity index (χ1) is 10.7. The molecule has 0 radical (unpaired) electrons. The summed E-state index contributed by atoms with van der Waals surface area (Å²) in [6, 6.07) is 4.31. The quantitative estimate of drug-likeness (QED) is 0.369. The molecule has 4 nitrogen and oxygen atoms in total. The number of aromatic nitrogens is 1. The third-order valence-corrected chi connectivity index (χ3v) is 4.95. The molecule has 0 saturated carbocycles. The van der Waals surface area contributed by atoms with E-state index >= 15 is 0 Å². The van der Waals surface area contributed by atoms with Crippen molar-refractivity contribution in [2.75, 3.05) is 13.1 Å². The van der Waals surface area contributed by atoms with Crippen LogP contribution in [-0.4, -0.2) is 24.0 Å².